The lowest BCUT2D eigenvalue weighted by Crippen LogP contribution is -2.32. The Hall–Kier alpha value is -2.44. The van der Waals surface area contributed by atoms with Gasteiger partial charge in [-0.25, -0.2) is 9.18 Å². The van der Waals surface area contributed by atoms with Crippen molar-refractivity contribution in [2.75, 3.05) is 20.1 Å². The number of rotatable bonds is 5. The molecule has 5 nitrogen and oxygen atoms in total. The van der Waals surface area contributed by atoms with E-state index in [2.05, 4.69) is 10.2 Å². The second-order valence-corrected chi connectivity index (χ2v) is 7.15. The molecule has 2 aromatic carbocycles. The highest BCUT2D eigenvalue weighted by atomic mass is 35.5. The molecule has 3 rings (SSSR count). The molecular formula is C20H20ClFN2O3. The van der Waals surface area contributed by atoms with Crippen molar-refractivity contribution < 1.29 is 19.1 Å². The van der Waals surface area contributed by atoms with Crippen LogP contribution in [-0.4, -0.2) is 42.0 Å². The van der Waals surface area contributed by atoms with Gasteiger partial charge >= 0.3 is 5.97 Å². The highest BCUT2D eigenvalue weighted by molar-refractivity contribution is 6.30. The molecule has 27 heavy (non-hydrogen) atoms. The molecule has 2 unspecified atom stereocenters. The maximum atomic E-state index is 13.8. The summed E-state index contributed by atoms with van der Waals surface area (Å²) in [7, 11) is 1.98. The third kappa shape index (κ3) is 4.28. The van der Waals surface area contributed by atoms with Gasteiger partial charge < -0.3 is 10.4 Å². The molecule has 142 valence electrons. The van der Waals surface area contributed by atoms with E-state index in [-0.39, 0.29) is 28.5 Å². The second kappa shape index (κ2) is 8.06. The molecule has 0 saturated carbocycles. The van der Waals surface area contributed by atoms with Gasteiger partial charge in [0.25, 0.3) is 5.91 Å². The summed E-state index contributed by atoms with van der Waals surface area (Å²) in [5, 5.41) is 11.9. The van der Waals surface area contributed by atoms with E-state index in [0.717, 1.165) is 18.5 Å². The number of carboxylic acid groups (broad SMARTS) is 1. The Labute approximate surface area is 161 Å². The summed E-state index contributed by atoms with van der Waals surface area (Å²) in [5.74, 6) is -1.61. The predicted octanol–water partition coefficient (Wildman–Crippen LogP) is 3.60. The first-order chi connectivity index (χ1) is 12.9. The SMILES string of the molecule is CN1CCC(CNC(=O)c2ccc(C(=O)O)cc2)C1c1ccc(Cl)c(F)c1. The molecule has 1 fully saturated rings. The van der Waals surface area contributed by atoms with E-state index in [1.807, 2.05) is 13.1 Å². The van der Waals surface area contributed by atoms with Crippen LogP contribution in [0.2, 0.25) is 5.02 Å². The molecule has 0 aromatic heterocycles. The molecule has 1 heterocycles. The fourth-order valence-corrected chi connectivity index (χ4v) is 3.67. The van der Waals surface area contributed by atoms with Crippen LogP contribution in [-0.2, 0) is 0 Å². The number of carboxylic acids is 1. The van der Waals surface area contributed by atoms with Crippen LogP contribution in [0.1, 0.15) is 38.7 Å². The molecule has 1 aliphatic heterocycles. The van der Waals surface area contributed by atoms with E-state index < -0.39 is 11.8 Å². The zero-order valence-corrected chi connectivity index (χ0v) is 15.5. The van der Waals surface area contributed by atoms with Crippen LogP contribution in [0.25, 0.3) is 0 Å². The summed E-state index contributed by atoms with van der Waals surface area (Å²) in [5.41, 5.74) is 1.37. The molecule has 2 aromatic rings. The Morgan fingerprint density at radius 3 is 2.52 bits per heavy atom. The molecule has 0 aliphatic carbocycles. The highest BCUT2D eigenvalue weighted by Crippen LogP contribution is 2.36. The van der Waals surface area contributed by atoms with Crippen LogP contribution in [0, 0.1) is 11.7 Å². The Morgan fingerprint density at radius 2 is 1.89 bits per heavy atom. The highest BCUT2D eigenvalue weighted by Gasteiger charge is 2.33. The average Bonchev–Trinajstić information content (AvgIpc) is 3.02. The smallest absolute Gasteiger partial charge is 0.335 e. The summed E-state index contributed by atoms with van der Waals surface area (Å²) in [6, 6.07) is 10.6. The number of carbonyl (C=O) groups is 2. The predicted molar refractivity (Wildman–Crippen MR) is 101 cm³/mol. The largest absolute Gasteiger partial charge is 0.478 e. The van der Waals surface area contributed by atoms with Gasteiger partial charge in [0.1, 0.15) is 5.82 Å². The zero-order chi connectivity index (χ0) is 19.6. The first-order valence-electron chi connectivity index (χ1n) is 8.63. The van der Waals surface area contributed by atoms with Gasteiger partial charge in [0.2, 0.25) is 0 Å². The fourth-order valence-electron chi connectivity index (χ4n) is 3.55. The second-order valence-electron chi connectivity index (χ2n) is 6.74. The van der Waals surface area contributed by atoms with Crippen LogP contribution in [0.3, 0.4) is 0 Å². The monoisotopic (exact) mass is 390 g/mol. The van der Waals surface area contributed by atoms with E-state index in [1.54, 1.807) is 6.07 Å². The number of carbonyl (C=O) groups excluding carboxylic acids is 1. The third-order valence-electron chi connectivity index (χ3n) is 4.98. The molecule has 2 atom stereocenters. The van der Waals surface area contributed by atoms with Gasteiger partial charge in [0.15, 0.2) is 0 Å². The van der Waals surface area contributed by atoms with Crippen molar-refractivity contribution in [1.82, 2.24) is 10.2 Å². The molecular weight excluding hydrogens is 371 g/mol. The topological polar surface area (TPSA) is 69.6 Å². The number of aromatic carboxylic acids is 1. The normalized spacial score (nSPS) is 19.8. The van der Waals surface area contributed by atoms with Crippen molar-refractivity contribution in [3.05, 3.63) is 70.0 Å². The maximum Gasteiger partial charge on any atom is 0.335 e. The van der Waals surface area contributed by atoms with Gasteiger partial charge in [-0.2, -0.15) is 0 Å². The fraction of sp³-hybridized carbons (Fsp3) is 0.300. The lowest BCUT2D eigenvalue weighted by molar-refractivity contribution is 0.0696. The molecule has 0 spiro atoms. The quantitative estimate of drug-likeness (QED) is 0.818. The van der Waals surface area contributed by atoms with Crippen molar-refractivity contribution in [2.24, 2.45) is 5.92 Å². The first kappa shape index (κ1) is 19.3. The molecule has 1 saturated heterocycles. The number of halogens is 2. The minimum absolute atomic E-state index is 0.00791. The van der Waals surface area contributed by atoms with Crippen LogP contribution >= 0.6 is 11.6 Å². The van der Waals surface area contributed by atoms with Crippen LogP contribution in [0.15, 0.2) is 42.5 Å². The molecule has 2 N–H and O–H groups in total. The Kier molecular flexibility index (Phi) is 5.77. The van der Waals surface area contributed by atoms with Crippen molar-refractivity contribution in [1.29, 1.82) is 0 Å². The van der Waals surface area contributed by atoms with E-state index in [1.165, 1.54) is 30.3 Å². The van der Waals surface area contributed by atoms with Crippen molar-refractivity contribution in [3.63, 3.8) is 0 Å². The summed E-state index contributed by atoms with van der Waals surface area (Å²) < 4.78 is 13.8. The Bertz CT molecular complexity index is 857. The standard InChI is InChI=1S/C20H20ClFN2O3/c1-24-9-8-15(18(24)14-6-7-16(21)17(22)10-14)11-23-19(25)12-2-4-13(5-3-12)20(26)27/h2-7,10,15,18H,8-9,11H2,1H3,(H,23,25)(H,26,27). The van der Waals surface area contributed by atoms with Gasteiger partial charge in [-0.05, 0) is 67.9 Å². The van der Waals surface area contributed by atoms with Crippen molar-refractivity contribution in [2.45, 2.75) is 12.5 Å². The first-order valence-corrected chi connectivity index (χ1v) is 9.01. The van der Waals surface area contributed by atoms with Gasteiger partial charge in [-0.3, -0.25) is 9.69 Å². The minimum Gasteiger partial charge on any atom is -0.478 e. The number of amides is 1. The molecule has 0 radical (unpaired) electrons. The van der Waals surface area contributed by atoms with Gasteiger partial charge in [0.05, 0.1) is 10.6 Å². The molecule has 1 aliphatic rings. The third-order valence-corrected chi connectivity index (χ3v) is 5.28. The average molecular weight is 391 g/mol. The Balaban J connectivity index is 1.67. The molecule has 0 bridgehead atoms. The number of likely N-dealkylation sites (tertiary alicyclic amines) is 1. The van der Waals surface area contributed by atoms with Crippen LogP contribution < -0.4 is 5.32 Å². The minimum atomic E-state index is -1.03. The number of hydrogen-bond donors (Lipinski definition) is 2. The van der Waals surface area contributed by atoms with E-state index in [4.69, 9.17) is 16.7 Å². The number of nitrogens with one attached hydrogen (secondary N) is 1. The van der Waals surface area contributed by atoms with Crippen LogP contribution in [0.4, 0.5) is 4.39 Å². The summed E-state index contributed by atoms with van der Waals surface area (Å²) in [4.78, 5) is 25.4. The molecule has 7 heteroatoms. The van der Waals surface area contributed by atoms with Crippen molar-refractivity contribution in [3.8, 4) is 0 Å². The molecule has 1 amide bonds. The van der Waals surface area contributed by atoms with Crippen molar-refractivity contribution >= 4 is 23.5 Å². The van der Waals surface area contributed by atoms with E-state index in [9.17, 15) is 14.0 Å². The van der Waals surface area contributed by atoms with E-state index >= 15 is 0 Å². The summed E-state index contributed by atoms with van der Waals surface area (Å²) >= 11 is 5.78. The Morgan fingerprint density at radius 1 is 1.22 bits per heavy atom. The summed E-state index contributed by atoms with van der Waals surface area (Å²) in [6.45, 7) is 1.29. The van der Waals surface area contributed by atoms with Crippen LogP contribution in [0.5, 0.6) is 0 Å². The maximum absolute atomic E-state index is 13.8. The lowest BCUT2D eigenvalue weighted by atomic mass is 9.93. The number of nitrogens with zero attached hydrogens (tertiary/aromatic N) is 1. The van der Waals surface area contributed by atoms with E-state index in [0.29, 0.717) is 12.1 Å². The summed E-state index contributed by atoms with van der Waals surface area (Å²) in [6.07, 6.45) is 0.879. The lowest BCUT2D eigenvalue weighted by Gasteiger charge is -2.26. The van der Waals surface area contributed by atoms with Gasteiger partial charge in [0, 0.05) is 18.2 Å². The van der Waals surface area contributed by atoms with Gasteiger partial charge in [-0.1, -0.05) is 17.7 Å². The number of hydrogen-bond acceptors (Lipinski definition) is 3. The zero-order valence-electron chi connectivity index (χ0n) is 14.8. The number of benzene rings is 2. The van der Waals surface area contributed by atoms with Gasteiger partial charge in [-0.15, -0.1) is 0 Å².